The first-order chi connectivity index (χ1) is 15.7. The van der Waals surface area contributed by atoms with Crippen LogP contribution < -0.4 is 15.4 Å². The van der Waals surface area contributed by atoms with Crippen molar-refractivity contribution >= 4 is 33.4 Å². The molecule has 8 nitrogen and oxygen atoms in total. The van der Waals surface area contributed by atoms with Crippen LogP contribution in [0.4, 0.5) is 0 Å². The minimum Gasteiger partial charge on any atom is -0.497 e. The number of piperidine rings is 1. The second-order valence-corrected chi connectivity index (χ2v) is 10.3. The van der Waals surface area contributed by atoms with Gasteiger partial charge < -0.3 is 15.4 Å². The molecule has 0 saturated carbocycles. The van der Waals surface area contributed by atoms with Crippen LogP contribution in [0.15, 0.2) is 53.4 Å². The van der Waals surface area contributed by atoms with Gasteiger partial charge in [0, 0.05) is 24.7 Å². The number of nitrogens with zero attached hydrogens (tertiary/aromatic N) is 1. The van der Waals surface area contributed by atoms with E-state index in [0.29, 0.717) is 30.2 Å². The van der Waals surface area contributed by atoms with Crippen LogP contribution in [-0.2, 0) is 26.2 Å². The second kappa shape index (κ2) is 11.0. The van der Waals surface area contributed by atoms with E-state index in [1.807, 2.05) is 6.07 Å². The molecule has 2 aromatic rings. The molecule has 10 heteroatoms. The SMILES string of the molecule is COc1ccc(S(=O)(=O)N2CCCC(C(=O)N[C@@H](C)C(=O)NCc3cccc(Cl)c3)C2)cc1. The highest BCUT2D eigenvalue weighted by atomic mass is 35.5. The Hall–Kier alpha value is -2.62. The maximum atomic E-state index is 13.0. The van der Waals surface area contributed by atoms with E-state index in [1.165, 1.54) is 23.5 Å². The predicted molar refractivity (Wildman–Crippen MR) is 125 cm³/mol. The number of ether oxygens (including phenoxy) is 1. The number of rotatable bonds is 8. The van der Waals surface area contributed by atoms with Gasteiger partial charge in [-0.25, -0.2) is 8.42 Å². The molecule has 2 amide bonds. The zero-order valence-electron chi connectivity index (χ0n) is 18.6. The highest BCUT2D eigenvalue weighted by Crippen LogP contribution is 2.25. The maximum absolute atomic E-state index is 13.0. The van der Waals surface area contributed by atoms with E-state index in [4.69, 9.17) is 16.3 Å². The molecular formula is C23H28ClN3O5S. The lowest BCUT2D eigenvalue weighted by atomic mass is 9.98. The number of amides is 2. The first kappa shape index (κ1) is 25.0. The maximum Gasteiger partial charge on any atom is 0.243 e. The molecule has 0 aliphatic carbocycles. The van der Waals surface area contributed by atoms with Crippen molar-refractivity contribution in [3.05, 3.63) is 59.1 Å². The Morgan fingerprint density at radius 1 is 1.21 bits per heavy atom. The number of benzene rings is 2. The van der Waals surface area contributed by atoms with Crippen molar-refractivity contribution in [2.75, 3.05) is 20.2 Å². The van der Waals surface area contributed by atoms with Gasteiger partial charge >= 0.3 is 0 Å². The number of halogens is 1. The Morgan fingerprint density at radius 3 is 2.61 bits per heavy atom. The average Bonchev–Trinajstić information content (AvgIpc) is 2.82. The van der Waals surface area contributed by atoms with E-state index in [1.54, 1.807) is 37.3 Å². The van der Waals surface area contributed by atoms with Crippen molar-refractivity contribution in [1.29, 1.82) is 0 Å². The third-order valence-electron chi connectivity index (χ3n) is 5.56. The van der Waals surface area contributed by atoms with Gasteiger partial charge in [-0.2, -0.15) is 4.31 Å². The predicted octanol–water partition coefficient (Wildman–Crippen LogP) is 2.57. The van der Waals surface area contributed by atoms with Crippen LogP contribution in [0.25, 0.3) is 0 Å². The van der Waals surface area contributed by atoms with E-state index in [2.05, 4.69) is 10.6 Å². The van der Waals surface area contributed by atoms with Crippen LogP contribution in [-0.4, -0.2) is 50.8 Å². The highest BCUT2D eigenvalue weighted by molar-refractivity contribution is 7.89. The molecule has 2 atom stereocenters. The van der Waals surface area contributed by atoms with Gasteiger partial charge in [0.15, 0.2) is 0 Å². The molecule has 0 spiro atoms. The molecule has 2 aromatic carbocycles. The lowest BCUT2D eigenvalue weighted by molar-refractivity contribution is -0.131. The normalized spacial score (nSPS) is 17.7. The van der Waals surface area contributed by atoms with Crippen molar-refractivity contribution in [2.24, 2.45) is 5.92 Å². The van der Waals surface area contributed by atoms with E-state index >= 15 is 0 Å². The number of nitrogens with one attached hydrogen (secondary N) is 2. The quantitative estimate of drug-likeness (QED) is 0.588. The summed E-state index contributed by atoms with van der Waals surface area (Å²) in [7, 11) is -2.22. The van der Waals surface area contributed by atoms with Gasteiger partial charge in [-0.05, 0) is 61.7 Å². The standard InChI is InChI=1S/C23H28ClN3O5S/c1-16(22(28)25-14-17-5-3-7-19(24)13-17)26-23(29)18-6-4-12-27(15-18)33(30,31)21-10-8-20(32-2)9-11-21/h3,5,7-11,13,16,18H,4,6,12,14-15H2,1-2H3,(H,25,28)(H,26,29)/t16-,18?/m0/s1. The molecule has 1 unspecified atom stereocenters. The van der Waals surface area contributed by atoms with Gasteiger partial charge in [-0.1, -0.05) is 23.7 Å². The molecule has 1 saturated heterocycles. The summed E-state index contributed by atoms with van der Waals surface area (Å²) in [4.78, 5) is 25.3. The average molecular weight is 494 g/mol. The number of hydrogen-bond donors (Lipinski definition) is 2. The van der Waals surface area contributed by atoms with Crippen LogP contribution >= 0.6 is 11.6 Å². The van der Waals surface area contributed by atoms with Gasteiger partial charge in [0.2, 0.25) is 21.8 Å². The summed E-state index contributed by atoms with van der Waals surface area (Å²) in [6.45, 7) is 2.29. The van der Waals surface area contributed by atoms with Gasteiger partial charge in [0.1, 0.15) is 11.8 Å². The summed E-state index contributed by atoms with van der Waals surface area (Å²) in [6, 6.07) is 12.5. The summed E-state index contributed by atoms with van der Waals surface area (Å²) >= 11 is 5.95. The first-order valence-corrected chi connectivity index (χ1v) is 12.5. The third-order valence-corrected chi connectivity index (χ3v) is 7.67. The molecule has 178 valence electrons. The monoisotopic (exact) mass is 493 g/mol. The Morgan fingerprint density at radius 2 is 1.94 bits per heavy atom. The van der Waals surface area contributed by atoms with E-state index in [9.17, 15) is 18.0 Å². The van der Waals surface area contributed by atoms with Crippen LogP contribution in [0.5, 0.6) is 5.75 Å². The molecule has 0 radical (unpaired) electrons. The Labute approximate surface area is 199 Å². The topological polar surface area (TPSA) is 105 Å². The summed E-state index contributed by atoms with van der Waals surface area (Å²) in [5, 5.41) is 6.06. The molecule has 1 aliphatic heterocycles. The second-order valence-electron chi connectivity index (χ2n) is 7.96. The van der Waals surface area contributed by atoms with E-state index in [-0.39, 0.29) is 29.8 Å². The van der Waals surface area contributed by atoms with Crippen LogP contribution in [0.1, 0.15) is 25.3 Å². The first-order valence-electron chi connectivity index (χ1n) is 10.7. The molecule has 1 heterocycles. The lowest BCUT2D eigenvalue weighted by Gasteiger charge is -2.31. The minimum absolute atomic E-state index is 0.0665. The van der Waals surface area contributed by atoms with Crippen molar-refractivity contribution in [3.63, 3.8) is 0 Å². The minimum atomic E-state index is -3.73. The molecule has 3 rings (SSSR count). The number of carbonyl (C=O) groups is 2. The largest absolute Gasteiger partial charge is 0.497 e. The zero-order valence-corrected chi connectivity index (χ0v) is 20.2. The van der Waals surface area contributed by atoms with Crippen LogP contribution in [0.2, 0.25) is 5.02 Å². The zero-order chi connectivity index (χ0) is 24.0. The molecule has 0 aromatic heterocycles. The van der Waals surface area contributed by atoms with E-state index < -0.39 is 22.0 Å². The van der Waals surface area contributed by atoms with Crippen molar-refractivity contribution in [2.45, 2.75) is 37.2 Å². The van der Waals surface area contributed by atoms with Gasteiger partial charge in [-0.15, -0.1) is 0 Å². The molecule has 2 N–H and O–H groups in total. The molecular weight excluding hydrogens is 466 g/mol. The number of hydrogen-bond acceptors (Lipinski definition) is 5. The fraction of sp³-hybridized carbons (Fsp3) is 0.391. The lowest BCUT2D eigenvalue weighted by Crippen LogP contribution is -2.50. The Kier molecular flexibility index (Phi) is 8.34. The third kappa shape index (κ3) is 6.46. The fourth-order valence-electron chi connectivity index (χ4n) is 3.66. The van der Waals surface area contributed by atoms with E-state index in [0.717, 1.165) is 5.56 Å². The fourth-order valence-corrected chi connectivity index (χ4v) is 5.39. The summed E-state index contributed by atoms with van der Waals surface area (Å²) in [5.41, 5.74) is 0.848. The van der Waals surface area contributed by atoms with Crippen molar-refractivity contribution in [3.8, 4) is 5.75 Å². The van der Waals surface area contributed by atoms with Crippen LogP contribution in [0, 0.1) is 5.92 Å². The molecule has 1 fully saturated rings. The Bertz CT molecular complexity index is 1090. The number of carbonyl (C=O) groups excluding carboxylic acids is 2. The van der Waals surface area contributed by atoms with Crippen molar-refractivity contribution < 1.29 is 22.7 Å². The van der Waals surface area contributed by atoms with Crippen molar-refractivity contribution in [1.82, 2.24) is 14.9 Å². The van der Waals surface area contributed by atoms with Gasteiger partial charge in [-0.3, -0.25) is 9.59 Å². The van der Waals surface area contributed by atoms with Gasteiger partial charge in [0.05, 0.1) is 17.9 Å². The van der Waals surface area contributed by atoms with Gasteiger partial charge in [0.25, 0.3) is 0 Å². The molecule has 33 heavy (non-hydrogen) atoms. The van der Waals surface area contributed by atoms with Crippen LogP contribution in [0.3, 0.4) is 0 Å². The summed E-state index contributed by atoms with van der Waals surface area (Å²) in [5.74, 6) is -0.640. The number of methoxy groups -OCH3 is 1. The highest BCUT2D eigenvalue weighted by Gasteiger charge is 2.34. The Balaban J connectivity index is 1.56. The summed E-state index contributed by atoms with van der Waals surface area (Å²) < 4.78 is 32.4. The smallest absolute Gasteiger partial charge is 0.243 e. The summed E-state index contributed by atoms with van der Waals surface area (Å²) in [6.07, 6.45) is 1.11. The number of sulfonamides is 1. The molecule has 0 bridgehead atoms. The molecule has 1 aliphatic rings.